The van der Waals surface area contributed by atoms with Crippen molar-refractivity contribution in [2.75, 3.05) is 13.1 Å². The van der Waals surface area contributed by atoms with Gasteiger partial charge in [0.25, 0.3) is 5.91 Å². The van der Waals surface area contributed by atoms with Crippen LogP contribution in [0.2, 0.25) is 5.02 Å². The van der Waals surface area contributed by atoms with Gasteiger partial charge < -0.3 is 9.32 Å². The largest absolute Gasteiger partial charge is 0.445 e. The summed E-state index contributed by atoms with van der Waals surface area (Å²) in [6.07, 6.45) is 4.25. The monoisotopic (exact) mass is 395 g/mol. The number of amides is 1. The van der Waals surface area contributed by atoms with Crippen molar-refractivity contribution in [3.8, 4) is 0 Å². The van der Waals surface area contributed by atoms with Crippen LogP contribution in [0.4, 0.5) is 0 Å². The molecule has 1 amide bonds. The maximum Gasteiger partial charge on any atom is 0.272 e. The molecule has 0 spiro atoms. The molecule has 4 rings (SSSR count). The van der Waals surface area contributed by atoms with Crippen molar-refractivity contribution < 1.29 is 9.21 Å². The fourth-order valence-corrected chi connectivity index (χ4v) is 3.81. The lowest BCUT2D eigenvalue weighted by Crippen LogP contribution is -2.39. The predicted octanol–water partition coefficient (Wildman–Crippen LogP) is 4.64. The molecule has 1 aromatic carbocycles. The molecule has 0 bridgehead atoms. The number of nitrogens with zero attached hydrogens (tertiary/aromatic N) is 3. The lowest BCUT2D eigenvalue weighted by atomic mass is 9.97. The Labute approximate surface area is 169 Å². The average molecular weight is 396 g/mol. The van der Waals surface area contributed by atoms with Gasteiger partial charge in [-0.15, -0.1) is 0 Å². The van der Waals surface area contributed by atoms with Gasteiger partial charge in [-0.2, -0.15) is 0 Å². The van der Waals surface area contributed by atoms with Crippen LogP contribution in [-0.2, 0) is 6.42 Å². The summed E-state index contributed by atoms with van der Waals surface area (Å²) in [5.41, 5.74) is 2.35. The molecule has 0 aliphatic carbocycles. The number of aryl methyl sites for hydroxylation is 1. The van der Waals surface area contributed by atoms with Crippen molar-refractivity contribution in [2.45, 2.75) is 32.1 Å². The third kappa shape index (κ3) is 4.09. The van der Waals surface area contributed by atoms with Crippen LogP contribution in [0, 0.1) is 6.92 Å². The van der Waals surface area contributed by atoms with Crippen LogP contribution in [0.5, 0.6) is 0 Å². The highest BCUT2D eigenvalue weighted by atomic mass is 35.5. The van der Waals surface area contributed by atoms with Crippen LogP contribution in [0.25, 0.3) is 0 Å². The summed E-state index contributed by atoms with van der Waals surface area (Å²) in [5, 5.41) is 0.723. The quantitative estimate of drug-likeness (QED) is 0.645. The smallest absolute Gasteiger partial charge is 0.272 e. The van der Waals surface area contributed by atoms with Gasteiger partial charge in [-0.3, -0.25) is 4.79 Å². The van der Waals surface area contributed by atoms with E-state index >= 15 is 0 Å². The Morgan fingerprint density at radius 2 is 2.11 bits per heavy atom. The first-order chi connectivity index (χ1) is 13.6. The summed E-state index contributed by atoms with van der Waals surface area (Å²) in [6.45, 7) is 3.22. The third-order valence-corrected chi connectivity index (χ3v) is 5.43. The van der Waals surface area contributed by atoms with Crippen molar-refractivity contribution >= 4 is 17.5 Å². The zero-order chi connectivity index (χ0) is 19.5. The molecule has 1 atom stereocenters. The van der Waals surface area contributed by atoms with Gasteiger partial charge in [0, 0.05) is 30.2 Å². The van der Waals surface area contributed by atoms with Crippen LogP contribution in [0.15, 0.2) is 53.1 Å². The number of hydrogen-bond donors (Lipinski definition) is 0. The minimum Gasteiger partial charge on any atom is -0.445 e. The second-order valence-electron chi connectivity index (χ2n) is 7.19. The third-order valence-electron chi connectivity index (χ3n) is 5.06. The fraction of sp³-hybridized carbons (Fsp3) is 0.318. The topological polar surface area (TPSA) is 59.2 Å². The molecule has 5 nitrogen and oxygen atoms in total. The van der Waals surface area contributed by atoms with Crippen molar-refractivity contribution in [2.24, 2.45) is 0 Å². The number of aromatic nitrogens is 2. The Balaban J connectivity index is 1.46. The van der Waals surface area contributed by atoms with Gasteiger partial charge in [0.05, 0.1) is 12.1 Å². The number of piperidine rings is 1. The molecule has 1 fully saturated rings. The molecule has 6 heteroatoms. The summed E-state index contributed by atoms with van der Waals surface area (Å²) >= 11 is 6.24. The molecule has 28 heavy (non-hydrogen) atoms. The number of pyridine rings is 1. The number of hydrogen-bond acceptors (Lipinski definition) is 4. The number of carbonyl (C=O) groups excluding carboxylic acids is 1. The zero-order valence-corrected chi connectivity index (χ0v) is 16.5. The van der Waals surface area contributed by atoms with Crippen molar-refractivity contribution in [3.05, 3.63) is 82.3 Å². The van der Waals surface area contributed by atoms with Gasteiger partial charge >= 0.3 is 0 Å². The summed E-state index contributed by atoms with van der Waals surface area (Å²) in [7, 11) is 0. The number of likely N-dealkylation sites (tertiary alicyclic amines) is 1. The van der Waals surface area contributed by atoms with E-state index in [9.17, 15) is 4.79 Å². The normalized spacial score (nSPS) is 16.9. The molecule has 0 unspecified atom stereocenters. The van der Waals surface area contributed by atoms with E-state index in [4.69, 9.17) is 16.0 Å². The van der Waals surface area contributed by atoms with Crippen LogP contribution in [-0.4, -0.2) is 33.9 Å². The highest BCUT2D eigenvalue weighted by molar-refractivity contribution is 6.31. The molecule has 3 aromatic rings. The van der Waals surface area contributed by atoms with Crippen molar-refractivity contribution in [1.29, 1.82) is 0 Å². The summed E-state index contributed by atoms with van der Waals surface area (Å²) in [4.78, 5) is 23.5. The van der Waals surface area contributed by atoms with Gasteiger partial charge in [0.2, 0.25) is 0 Å². The number of rotatable bonds is 4. The summed E-state index contributed by atoms with van der Waals surface area (Å²) < 4.78 is 6.01. The standard InChI is InChI=1S/C22H22ClN3O2/c1-15-6-4-10-20(25-15)22(27)26-11-5-8-17(14-26)21-24-13-18(28-21)12-16-7-2-3-9-19(16)23/h2-4,6-7,9-10,13,17H,5,8,11-12,14H2,1H3/t17-/m0/s1. The molecule has 2 aromatic heterocycles. The SMILES string of the molecule is Cc1cccc(C(=O)N2CCC[C@H](c3ncc(Cc4ccccc4Cl)o3)C2)n1. The predicted molar refractivity (Wildman–Crippen MR) is 108 cm³/mol. The number of oxazole rings is 1. The van der Waals surface area contributed by atoms with E-state index in [0.29, 0.717) is 24.6 Å². The van der Waals surface area contributed by atoms with E-state index in [1.165, 1.54) is 0 Å². The van der Waals surface area contributed by atoms with E-state index in [0.717, 1.165) is 41.4 Å². The first kappa shape index (κ1) is 18.7. The van der Waals surface area contributed by atoms with E-state index in [1.54, 1.807) is 12.3 Å². The fourth-order valence-electron chi connectivity index (χ4n) is 3.61. The molecule has 1 saturated heterocycles. The van der Waals surface area contributed by atoms with Gasteiger partial charge in [0.1, 0.15) is 11.5 Å². The van der Waals surface area contributed by atoms with Crippen LogP contribution < -0.4 is 0 Å². The Morgan fingerprint density at radius 3 is 2.93 bits per heavy atom. The Hall–Kier alpha value is -2.66. The van der Waals surface area contributed by atoms with Crippen molar-refractivity contribution in [1.82, 2.24) is 14.9 Å². The van der Waals surface area contributed by atoms with Crippen LogP contribution in [0.3, 0.4) is 0 Å². The molecule has 0 radical (unpaired) electrons. The molecule has 144 valence electrons. The Morgan fingerprint density at radius 1 is 1.25 bits per heavy atom. The minimum atomic E-state index is -0.0313. The first-order valence-corrected chi connectivity index (χ1v) is 9.89. The van der Waals surface area contributed by atoms with Gasteiger partial charge in [-0.05, 0) is 43.5 Å². The van der Waals surface area contributed by atoms with Gasteiger partial charge in [0.15, 0.2) is 5.89 Å². The van der Waals surface area contributed by atoms with Crippen LogP contribution in [0.1, 0.15) is 52.2 Å². The van der Waals surface area contributed by atoms with Crippen molar-refractivity contribution in [3.63, 3.8) is 0 Å². The molecule has 1 aliphatic rings. The first-order valence-electron chi connectivity index (χ1n) is 9.51. The van der Waals surface area contributed by atoms with E-state index < -0.39 is 0 Å². The number of benzene rings is 1. The van der Waals surface area contributed by atoms with E-state index in [-0.39, 0.29) is 11.8 Å². The summed E-state index contributed by atoms with van der Waals surface area (Å²) in [5.74, 6) is 1.54. The minimum absolute atomic E-state index is 0.0313. The number of carbonyl (C=O) groups is 1. The van der Waals surface area contributed by atoms with Crippen LogP contribution >= 0.6 is 11.6 Å². The second kappa shape index (κ2) is 8.15. The second-order valence-corrected chi connectivity index (χ2v) is 7.59. The highest BCUT2D eigenvalue weighted by Crippen LogP contribution is 2.28. The van der Waals surface area contributed by atoms with E-state index in [1.807, 2.05) is 48.2 Å². The molecular formula is C22H22ClN3O2. The maximum atomic E-state index is 12.8. The molecular weight excluding hydrogens is 374 g/mol. The Kier molecular flexibility index (Phi) is 5.44. The summed E-state index contributed by atoms with van der Waals surface area (Å²) in [6, 6.07) is 13.3. The zero-order valence-electron chi connectivity index (χ0n) is 15.8. The molecule has 0 N–H and O–H groups in total. The maximum absolute atomic E-state index is 12.8. The number of halogens is 1. The van der Waals surface area contributed by atoms with Gasteiger partial charge in [-0.25, -0.2) is 9.97 Å². The van der Waals surface area contributed by atoms with Gasteiger partial charge in [-0.1, -0.05) is 35.9 Å². The lowest BCUT2D eigenvalue weighted by molar-refractivity contribution is 0.0691. The Bertz CT molecular complexity index is 985. The lowest BCUT2D eigenvalue weighted by Gasteiger charge is -2.31. The molecule has 1 aliphatic heterocycles. The molecule has 0 saturated carbocycles. The average Bonchev–Trinajstić information content (AvgIpc) is 3.18. The van der Waals surface area contributed by atoms with E-state index in [2.05, 4.69) is 9.97 Å². The highest BCUT2D eigenvalue weighted by Gasteiger charge is 2.29. The molecule has 3 heterocycles.